The van der Waals surface area contributed by atoms with E-state index in [4.69, 9.17) is 21.4 Å². The number of ether oxygens (including phenoxy) is 1. The first kappa shape index (κ1) is 21.9. The Morgan fingerprint density at radius 3 is 2.70 bits per heavy atom. The summed E-state index contributed by atoms with van der Waals surface area (Å²) in [5.41, 5.74) is 1.36. The first-order valence-corrected chi connectivity index (χ1v) is 9.36. The Kier molecular flexibility index (Phi) is 6.52. The number of hydrogen-bond donors (Lipinski definition) is 2. The molecule has 0 fully saturated rings. The molecule has 0 radical (unpaired) electrons. The van der Waals surface area contributed by atoms with Crippen molar-refractivity contribution in [3.63, 3.8) is 0 Å². The zero-order valence-corrected chi connectivity index (χ0v) is 16.7. The van der Waals surface area contributed by atoms with Gasteiger partial charge in [0.2, 0.25) is 0 Å². The summed E-state index contributed by atoms with van der Waals surface area (Å²) in [6.07, 6.45) is -0.644. The predicted octanol–water partition coefficient (Wildman–Crippen LogP) is 4.58. The van der Waals surface area contributed by atoms with Crippen molar-refractivity contribution in [1.29, 1.82) is 0 Å². The van der Waals surface area contributed by atoms with Gasteiger partial charge >= 0.3 is 12.2 Å². The number of aromatic nitrogens is 1. The van der Waals surface area contributed by atoms with Gasteiger partial charge < -0.3 is 20.1 Å². The van der Waals surface area contributed by atoms with Gasteiger partial charge in [0.05, 0.1) is 35.7 Å². The summed E-state index contributed by atoms with van der Waals surface area (Å²) in [4.78, 5) is 18.3. The van der Waals surface area contributed by atoms with Gasteiger partial charge in [-0.15, -0.1) is 0 Å². The third kappa shape index (κ3) is 4.85. The standard InChI is InChI=1S/C20H19ClF3N3O3/c1-30-17-9-14(20(22,23)24)2-3-16(17)26-19(29)27-6-4-13(5-7-27)18-15(21)8-12(11-28)10-25-18/h2-4,8-10,28H,5-7,11H2,1H3,(H,26,29). The van der Waals surface area contributed by atoms with Crippen LogP contribution >= 0.6 is 11.6 Å². The molecular formula is C20H19ClF3N3O3. The average Bonchev–Trinajstić information content (AvgIpc) is 2.73. The van der Waals surface area contributed by atoms with Crippen LogP contribution in [0.3, 0.4) is 0 Å². The Morgan fingerprint density at radius 2 is 2.13 bits per heavy atom. The molecule has 1 aliphatic heterocycles. The van der Waals surface area contributed by atoms with E-state index in [0.29, 0.717) is 29.2 Å². The highest BCUT2D eigenvalue weighted by atomic mass is 35.5. The highest BCUT2D eigenvalue weighted by Gasteiger charge is 2.31. The van der Waals surface area contributed by atoms with Crippen LogP contribution in [0.15, 0.2) is 36.5 Å². The number of nitrogens with one attached hydrogen (secondary N) is 1. The number of carbonyl (C=O) groups excluding carboxylic acids is 1. The van der Waals surface area contributed by atoms with Crippen molar-refractivity contribution < 1.29 is 27.8 Å². The van der Waals surface area contributed by atoms with Crippen LogP contribution in [0.2, 0.25) is 5.02 Å². The van der Waals surface area contributed by atoms with Crippen LogP contribution in [-0.2, 0) is 12.8 Å². The number of carbonyl (C=O) groups is 1. The second kappa shape index (κ2) is 8.93. The molecule has 0 spiro atoms. The maximum Gasteiger partial charge on any atom is 0.416 e. The summed E-state index contributed by atoms with van der Waals surface area (Å²) < 4.78 is 43.5. The van der Waals surface area contributed by atoms with Gasteiger partial charge in [-0.25, -0.2) is 4.79 Å². The predicted molar refractivity (Wildman–Crippen MR) is 106 cm³/mol. The summed E-state index contributed by atoms with van der Waals surface area (Å²) in [6.45, 7) is 0.498. The van der Waals surface area contributed by atoms with E-state index >= 15 is 0 Å². The van der Waals surface area contributed by atoms with Gasteiger partial charge in [0, 0.05) is 19.3 Å². The smallest absolute Gasteiger partial charge is 0.416 e. The third-order valence-corrected chi connectivity index (χ3v) is 4.94. The fourth-order valence-corrected chi connectivity index (χ4v) is 3.34. The number of methoxy groups -OCH3 is 1. The normalized spacial score (nSPS) is 14.3. The minimum Gasteiger partial charge on any atom is -0.495 e. The molecule has 3 rings (SSSR count). The molecule has 0 saturated heterocycles. The number of anilines is 1. The highest BCUT2D eigenvalue weighted by Crippen LogP contribution is 2.35. The third-order valence-electron chi connectivity index (χ3n) is 4.65. The Bertz CT molecular complexity index is 979. The Hall–Kier alpha value is -2.78. The van der Waals surface area contributed by atoms with E-state index in [9.17, 15) is 18.0 Å². The van der Waals surface area contributed by atoms with Crippen molar-refractivity contribution in [1.82, 2.24) is 9.88 Å². The molecule has 0 saturated carbocycles. The van der Waals surface area contributed by atoms with Crippen LogP contribution in [0.5, 0.6) is 5.75 Å². The van der Waals surface area contributed by atoms with E-state index in [1.807, 2.05) is 6.08 Å². The number of aliphatic hydroxyl groups is 1. The van der Waals surface area contributed by atoms with Gasteiger partial charge in [-0.2, -0.15) is 13.2 Å². The molecule has 0 atom stereocenters. The number of aliphatic hydroxyl groups excluding tert-OH is 1. The minimum atomic E-state index is -4.51. The van der Waals surface area contributed by atoms with Crippen molar-refractivity contribution in [3.05, 3.63) is 58.4 Å². The maximum absolute atomic E-state index is 12.9. The molecule has 10 heteroatoms. The van der Waals surface area contributed by atoms with Crippen LogP contribution < -0.4 is 10.1 Å². The van der Waals surface area contributed by atoms with Crippen LogP contribution in [0.25, 0.3) is 5.57 Å². The first-order chi connectivity index (χ1) is 14.2. The van der Waals surface area contributed by atoms with Gasteiger partial charge in [-0.3, -0.25) is 4.98 Å². The SMILES string of the molecule is COc1cc(C(F)(F)F)ccc1NC(=O)N1CC=C(c2ncc(CO)cc2Cl)CC1. The molecule has 0 bridgehead atoms. The molecule has 1 aliphatic rings. The van der Waals surface area contributed by atoms with Gasteiger partial charge in [0.15, 0.2) is 0 Å². The van der Waals surface area contributed by atoms with E-state index in [1.165, 1.54) is 18.2 Å². The van der Waals surface area contributed by atoms with Crippen LogP contribution in [0.4, 0.5) is 23.7 Å². The summed E-state index contributed by atoms with van der Waals surface area (Å²) in [5.74, 6) is -0.0774. The molecular weight excluding hydrogens is 423 g/mol. The number of hydrogen-bond acceptors (Lipinski definition) is 4. The first-order valence-electron chi connectivity index (χ1n) is 8.98. The number of benzene rings is 1. The van der Waals surface area contributed by atoms with Crippen molar-refractivity contribution in [2.24, 2.45) is 0 Å². The Balaban J connectivity index is 1.70. The summed E-state index contributed by atoms with van der Waals surface area (Å²) in [6, 6.07) is 4.07. The number of rotatable bonds is 4. The minimum absolute atomic E-state index is 0.0774. The fraction of sp³-hybridized carbons (Fsp3) is 0.300. The van der Waals surface area contributed by atoms with E-state index in [1.54, 1.807) is 6.07 Å². The second-order valence-corrected chi connectivity index (χ2v) is 7.01. The quantitative estimate of drug-likeness (QED) is 0.728. The summed E-state index contributed by atoms with van der Waals surface area (Å²) >= 11 is 6.22. The second-order valence-electron chi connectivity index (χ2n) is 6.60. The number of pyridine rings is 1. The molecule has 2 aromatic rings. The Labute approximate surface area is 175 Å². The molecule has 30 heavy (non-hydrogen) atoms. The van der Waals surface area contributed by atoms with Crippen LogP contribution in [0.1, 0.15) is 23.2 Å². The maximum atomic E-state index is 12.9. The van der Waals surface area contributed by atoms with Gasteiger partial charge in [-0.1, -0.05) is 17.7 Å². The molecule has 160 valence electrons. The summed E-state index contributed by atoms with van der Waals surface area (Å²) in [7, 11) is 1.24. The topological polar surface area (TPSA) is 74.7 Å². The van der Waals surface area contributed by atoms with Gasteiger partial charge in [-0.05, 0) is 41.8 Å². The lowest BCUT2D eigenvalue weighted by Crippen LogP contribution is -2.38. The number of alkyl halides is 3. The van der Waals surface area contributed by atoms with Crippen molar-refractivity contribution in [3.8, 4) is 5.75 Å². The number of amides is 2. The van der Waals surface area contributed by atoms with Gasteiger partial charge in [0.1, 0.15) is 5.75 Å². The zero-order valence-electron chi connectivity index (χ0n) is 16.0. The van der Waals surface area contributed by atoms with Crippen LogP contribution in [0, 0.1) is 0 Å². The van der Waals surface area contributed by atoms with Crippen molar-refractivity contribution >= 4 is 28.9 Å². The lowest BCUT2D eigenvalue weighted by Gasteiger charge is -2.27. The van der Waals surface area contributed by atoms with E-state index in [-0.39, 0.29) is 24.6 Å². The monoisotopic (exact) mass is 441 g/mol. The number of halogens is 4. The molecule has 2 amide bonds. The molecule has 2 N–H and O–H groups in total. The highest BCUT2D eigenvalue weighted by molar-refractivity contribution is 6.32. The largest absolute Gasteiger partial charge is 0.495 e. The molecule has 6 nitrogen and oxygen atoms in total. The van der Waals surface area contributed by atoms with E-state index in [0.717, 1.165) is 23.8 Å². The zero-order chi connectivity index (χ0) is 21.9. The van der Waals surface area contributed by atoms with Gasteiger partial charge in [0.25, 0.3) is 0 Å². The molecule has 1 aromatic carbocycles. The number of urea groups is 1. The van der Waals surface area contributed by atoms with Crippen molar-refractivity contribution in [2.75, 3.05) is 25.5 Å². The molecule has 0 unspecified atom stereocenters. The van der Waals surface area contributed by atoms with Crippen LogP contribution in [-0.4, -0.2) is 41.2 Å². The molecule has 0 aliphatic carbocycles. The fourth-order valence-electron chi connectivity index (χ4n) is 3.03. The number of nitrogens with zero attached hydrogens (tertiary/aromatic N) is 2. The average molecular weight is 442 g/mol. The Morgan fingerprint density at radius 1 is 1.37 bits per heavy atom. The van der Waals surface area contributed by atoms with E-state index in [2.05, 4.69) is 10.3 Å². The molecule has 1 aromatic heterocycles. The molecule has 2 heterocycles. The van der Waals surface area contributed by atoms with Crippen molar-refractivity contribution in [2.45, 2.75) is 19.2 Å². The lowest BCUT2D eigenvalue weighted by atomic mass is 10.0. The van der Waals surface area contributed by atoms with E-state index < -0.39 is 17.8 Å². The summed E-state index contributed by atoms with van der Waals surface area (Å²) in [5, 5.41) is 12.1. The lowest BCUT2D eigenvalue weighted by molar-refractivity contribution is -0.137.